The monoisotopic (exact) mass is 409 g/mol. The van der Waals surface area contributed by atoms with E-state index in [1.165, 1.54) is 24.1 Å². The number of amides is 1. The van der Waals surface area contributed by atoms with Crippen molar-refractivity contribution in [3.63, 3.8) is 0 Å². The molecule has 29 heavy (non-hydrogen) atoms. The number of benzene rings is 1. The van der Waals surface area contributed by atoms with Crippen molar-refractivity contribution in [1.29, 1.82) is 0 Å². The van der Waals surface area contributed by atoms with Gasteiger partial charge in [0.15, 0.2) is 0 Å². The Hall–Kier alpha value is -2.84. The van der Waals surface area contributed by atoms with Gasteiger partial charge in [-0.15, -0.1) is 0 Å². The molecule has 1 aromatic heterocycles. The third kappa shape index (κ3) is 5.16. The lowest BCUT2D eigenvalue weighted by atomic mass is 10.1. The van der Waals surface area contributed by atoms with Crippen molar-refractivity contribution in [1.82, 2.24) is 15.1 Å². The van der Waals surface area contributed by atoms with Gasteiger partial charge in [0.25, 0.3) is 5.91 Å². The lowest BCUT2D eigenvalue weighted by Gasteiger charge is -2.12. The lowest BCUT2D eigenvalue weighted by molar-refractivity contribution is -0.140. The van der Waals surface area contributed by atoms with Gasteiger partial charge in [-0.1, -0.05) is 6.07 Å². The van der Waals surface area contributed by atoms with Crippen LogP contribution in [0.15, 0.2) is 30.5 Å². The number of ether oxygens (including phenoxy) is 1. The molecule has 0 spiro atoms. The molecule has 1 aliphatic rings. The van der Waals surface area contributed by atoms with E-state index < -0.39 is 11.7 Å². The Labute approximate surface area is 166 Å². The molecule has 2 aromatic rings. The predicted molar refractivity (Wildman–Crippen MR) is 98.7 cm³/mol. The largest absolute Gasteiger partial charge is 0.469 e. The highest BCUT2D eigenvalue weighted by Crippen LogP contribution is 2.42. The fourth-order valence-corrected chi connectivity index (χ4v) is 3.10. The van der Waals surface area contributed by atoms with E-state index >= 15 is 0 Å². The first-order chi connectivity index (χ1) is 13.8. The predicted octanol–water partition coefficient (Wildman–Crippen LogP) is 3.84. The number of methoxy groups -OCH3 is 1. The van der Waals surface area contributed by atoms with Gasteiger partial charge < -0.3 is 10.1 Å². The highest BCUT2D eigenvalue weighted by Gasteiger charge is 2.34. The van der Waals surface area contributed by atoms with Gasteiger partial charge in [-0.3, -0.25) is 9.59 Å². The molecule has 0 aliphatic heterocycles. The number of aromatic nitrogens is 2. The van der Waals surface area contributed by atoms with Crippen LogP contribution in [0.1, 0.15) is 59.6 Å². The van der Waals surface area contributed by atoms with Crippen LogP contribution in [0.5, 0.6) is 0 Å². The minimum atomic E-state index is -4.45. The zero-order valence-corrected chi connectivity index (χ0v) is 16.0. The topological polar surface area (TPSA) is 73.2 Å². The molecule has 1 N–H and O–H groups in total. The van der Waals surface area contributed by atoms with Gasteiger partial charge in [0.1, 0.15) is 0 Å². The Bertz CT molecular complexity index is 889. The summed E-state index contributed by atoms with van der Waals surface area (Å²) in [4.78, 5) is 23.7. The Kier molecular flexibility index (Phi) is 6.24. The molecule has 0 radical (unpaired) electrons. The minimum absolute atomic E-state index is 0.104. The molecule has 1 saturated carbocycles. The molecule has 156 valence electrons. The van der Waals surface area contributed by atoms with Crippen molar-refractivity contribution < 1.29 is 27.5 Å². The number of nitrogens with one attached hydrogen (secondary N) is 1. The second-order valence-corrected chi connectivity index (χ2v) is 6.97. The maximum Gasteiger partial charge on any atom is 0.416 e. The number of carbonyl (C=O) groups is 2. The fourth-order valence-electron chi connectivity index (χ4n) is 3.10. The fraction of sp³-hybridized carbons (Fsp3) is 0.450. The highest BCUT2D eigenvalue weighted by atomic mass is 19.4. The van der Waals surface area contributed by atoms with Crippen LogP contribution < -0.4 is 5.32 Å². The number of unbranched alkanes of at least 4 members (excludes halogenated alkanes) is 1. The van der Waals surface area contributed by atoms with E-state index in [-0.39, 0.29) is 29.9 Å². The minimum Gasteiger partial charge on any atom is -0.469 e. The van der Waals surface area contributed by atoms with E-state index in [0.717, 1.165) is 25.0 Å². The zero-order chi connectivity index (χ0) is 21.0. The number of esters is 1. The standard InChI is InChI=1S/C20H22F3N3O3/c1-29-17(27)7-2-3-10-24-19(28)16-12-25-26(18(16)13-8-9-13)15-6-4-5-14(11-15)20(21,22)23/h4-6,11-13H,2-3,7-10H2,1H3,(H,24,28). The first kappa shape index (κ1) is 20.9. The van der Waals surface area contributed by atoms with Crippen LogP contribution in [0.3, 0.4) is 0 Å². The first-order valence-corrected chi connectivity index (χ1v) is 9.42. The van der Waals surface area contributed by atoms with Crippen molar-refractivity contribution in [2.24, 2.45) is 0 Å². The molecule has 1 fully saturated rings. The molecule has 1 aromatic carbocycles. The SMILES string of the molecule is COC(=O)CCCCNC(=O)c1cnn(-c2cccc(C(F)(F)F)c2)c1C1CC1. The van der Waals surface area contributed by atoms with Gasteiger partial charge in [-0.2, -0.15) is 18.3 Å². The van der Waals surface area contributed by atoms with Crippen molar-refractivity contribution in [2.75, 3.05) is 13.7 Å². The molecule has 1 heterocycles. The third-order valence-electron chi connectivity index (χ3n) is 4.75. The number of rotatable bonds is 8. The summed E-state index contributed by atoms with van der Waals surface area (Å²) in [7, 11) is 1.32. The Morgan fingerprint density at radius 1 is 1.28 bits per heavy atom. The van der Waals surface area contributed by atoms with Crippen LogP contribution in [0, 0.1) is 0 Å². The lowest BCUT2D eigenvalue weighted by Crippen LogP contribution is -2.25. The summed E-state index contributed by atoms with van der Waals surface area (Å²) in [5.41, 5.74) is 0.525. The summed E-state index contributed by atoms with van der Waals surface area (Å²) in [6.07, 6.45) is 0.166. The summed E-state index contributed by atoms with van der Waals surface area (Å²) in [5, 5.41) is 6.99. The van der Waals surface area contributed by atoms with Gasteiger partial charge >= 0.3 is 12.1 Å². The molecular formula is C20H22F3N3O3. The van der Waals surface area contributed by atoms with Crippen LogP contribution in [0.4, 0.5) is 13.2 Å². The van der Waals surface area contributed by atoms with Crippen LogP contribution in [-0.2, 0) is 15.7 Å². The van der Waals surface area contributed by atoms with Gasteiger partial charge in [-0.05, 0) is 43.9 Å². The molecule has 1 aliphatic carbocycles. The number of carbonyl (C=O) groups excluding carboxylic acids is 2. The second-order valence-electron chi connectivity index (χ2n) is 6.97. The maximum atomic E-state index is 13.0. The van der Waals surface area contributed by atoms with Crippen molar-refractivity contribution >= 4 is 11.9 Å². The molecule has 3 rings (SSSR count). The number of halogens is 3. The zero-order valence-electron chi connectivity index (χ0n) is 16.0. The van der Waals surface area contributed by atoms with E-state index in [9.17, 15) is 22.8 Å². The summed E-state index contributed by atoms with van der Waals surface area (Å²) in [6, 6.07) is 4.92. The molecule has 6 nitrogen and oxygen atoms in total. The van der Waals surface area contributed by atoms with Crippen LogP contribution in [0.2, 0.25) is 0 Å². The van der Waals surface area contributed by atoms with Gasteiger partial charge in [-0.25, -0.2) is 4.68 Å². The molecule has 0 unspecified atom stereocenters. The molecular weight excluding hydrogens is 387 g/mol. The number of hydrogen-bond acceptors (Lipinski definition) is 4. The molecule has 1 amide bonds. The average molecular weight is 409 g/mol. The molecule has 9 heteroatoms. The molecule has 0 bridgehead atoms. The second kappa shape index (κ2) is 8.67. The highest BCUT2D eigenvalue weighted by molar-refractivity contribution is 5.95. The average Bonchev–Trinajstić information content (AvgIpc) is 3.44. The van der Waals surface area contributed by atoms with Gasteiger partial charge in [0.05, 0.1) is 35.8 Å². The molecule has 0 atom stereocenters. The van der Waals surface area contributed by atoms with Gasteiger partial charge in [0, 0.05) is 18.9 Å². The summed E-state index contributed by atoms with van der Waals surface area (Å²) in [6.45, 7) is 0.384. The first-order valence-electron chi connectivity index (χ1n) is 9.42. The Morgan fingerprint density at radius 3 is 2.69 bits per heavy atom. The number of nitrogens with zero attached hydrogens (tertiary/aromatic N) is 2. The Balaban J connectivity index is 1.73. The Morgan fingerprint density at radius 2 is 2.03 bits per heavy atom. The smallest absolute Gasteiger partial charge is 0.416 e. The van der Waals surface area contributed by atoms with Crippen molar-refractivity contribution in [3.05, 3.63) is 47.3 Å². The third-order valence-corrected chi connectivity index (χ3v) is 4.75. The summed E-state index contributed by atoms with van der Waals surface area (Å²) >= 11 is 0. The quantitative estimate of drug-likeness (QED) is 0.531. The summed E-state index contributed by atoms with van der Waals surface area (Å²) < 4.78 is 45.1. The van der Waals surface area contributed by atoms with E-state index in [0.29, 0.717) is 30.6 Å². The van der Waals surface area contributed by atoms with Crippen molar-refractivity contribution in [2.45, 2.75) is 44.2 Å². The normalized spacial score (nSPS) is 13.9. The van der Waals surface area contributed by atoms with E-state index in [4.69, 9.17) is 0 Å². The van der Waals surface area contributed by atoms with E-state index in [1.807, 2.05) is 0 Å². The number of alkyl halides is 3. The van der Waals surface area contributed by atoms with Gasteiger partial charge in [0.2, 0.25) is 0 Å². The van der Waals surface area contributed by atoms with Crippen LogP contribution >= 0.6 is 0 Å². The molecule has 0 saturated heterocycles. The van der Waals surface area contributed by atoms with E-state index in [2.05, 4.69) is 15.2 Å². The summed E-state index contributed by atoms with van der Waals surface area (Å²) in [5.74, 6) is -0.509. The maximum absolute atomic E-state index is 13.0. The van der Waals surface area contributed by atoms with E-state index in [1.54, 1.807) is 6.07 Å². The van der Waals surface area contributed by atoms with Crippen LogP contribution in [-0.4, -0.2) is 35.3 Å². The van der Waals surface area contributed by atoms with Crippen LogP contribution in [0.25, 0.3) is 5.69 Å². The number of hydrogen-bond donors (Lipinski definition) is 1. The van der Waals surface area contributed by atoms with Crippen molar-refractivity contribution in [3.8, 4) is 5.69 Å².